The molecule has 1 N–H and O–H groups in total. The number of hydrogen-bond acceptors (Lipinski definition) is 3. The van der Waals surface area contributed by atoms with Gasteiger partial charge in [-0.05, 0) is 31.7 Å². The van der Waals surface area contributed by atoms with Crippen LogP contribution in [0.2, 0.25) is 0 Å². The van der Waals surface area contributed by atoms with Gasteiger partial charge in [0.05, 0.1) is 0 Å². The zero-order valence-electron chi connectivity index (χ0n) is 11.7. The average molecular weight is 297 g/mol. The van der Waals surface area contributed by atoms with E-state index in [1.54, 1.807) is 0 Å². The first kappa shape index (κ1) is 17.2. The topological polar surface area (TPSA) is 49.8 Å². The van der Waals surface area contributed by atoms with E-state index in [0.29, 0.717) is 31.8 Å². The van der Waals surface area contributed by atoms with E-state index in [9.17, 15) is 23.1 Å². The average Bonchev–Trinajstić information content (AvgIpc) is 2.37. The van der Waals surface area contributed by atoms with Gasteiger partial charge >= 0.3 is 12.1 Å². The molecule has 2 unspecified atom stereocenters. The minimum absolute atomic E-state index is 0.000441. The van der Waals surface area contributed by atoms with Gasteiger partial charge in [0.15, 0.2) is 0 Å². The van der Waals surface area contributed by atoms with Crippen molar-refractivity contribution in [1.82, 2.24) is 4.90 Å². The molecule has 1 aliphatic heterocycles. The SMILES string of the molecule is CCC1CCN(CCCOCC(F)(F)F)C(C(=O)O)C1. The Bertz CT molecular complexity index is 310. The van der Waals surface area contributed by atoms with Crippen LogP contribution in [0.15, 0.2) is 0 Å². The molecule has 0 aromatic heterocycles. The number of aliphatic carboxylic acids is 1. The highest BCUT2D eigenvalue weighted by Crippen LogP contribution is 2.25. The first-order valence-electron chi connectivity index (χ1n) is 6.95. The molecule has 20 heavy (non-hydrogen) atoms. The third kappa shape index (κ3) is 6.09. The van der Waals surface area contributed by atoms with Crippen molar-refractivity contribution in [2.75, 3.05) is 26.3 Å². The third-order valence-corrected chi connectivity index (χ3v) is 3.68. The van der Waals surface area contributed by atoms with Crippen LogP contribution in [0.1, 0.15) is 32.6 Å². The van der Waals surface area contributed by atoms with E-state index >= 15 is 0 Å². The van der Waals surface area contributed by atoms with Gasteiger partial charge < -0.3 is 9.84 Å². The molecule has 1 saturated heterocycles. The van der Waals surface area contributed by atoms with Gasteiger partial charge in [-0.25, -0.2) is 0 Å². The van der Waals surface area contributed by atoms with Crippen molar-refractivity contribution < 1.29 is 27.8 Å². The Labute approximate surface area is 116 Å². The van der Waals surface area contributed by atoms with Crippen LogP contribution in [0.25, 0.3) is 0 Å². The van der Waals surface area contributed by atoms with E-state index in [0.717, 1.165) is 12.8 Å². The van der Waals surface area contributed by atoms with Crippen LogP contribution in [0, 0.1) is 5.92 Å². The normalized spacial score (nSPS) is 24.8. The Morgan fingerprint density at radius 3 is 2.70 bits per heavy atom. The van der Waals surface area contributed by atoms with Crippen LogP contribution in [-0.2, 0) is 9.53 Å². The molecule has 0 aromatic rings. The molecule has 0 amide bonds. The standard InChI is InChI=1S/C13H22F3NO3/c1-2-10-4-6-17(11(8-10)12(18)19)5-3-7-20-9-13(14,15)16/h10-11H,2-9H2,1H3,(H,18,19). The molecule has 0 aliphatic carbocycles. The van der Waals surface area contributed by atoms with E-state index in [1.165, 1.54) is 0 Å². The molecule has 2 atom stereocenters. The maximum Gasteiger partial charge on any atom is 0.411 e. The lowest BCUT2D eigenvalue weighted by molar-refractivity contribution is -0.174. The fourth-order valence-electron chi connectivity index (χ4n) is 2.54. The van der Waals surface area contributed by atoms with Gasteiger partial charge in [-0.15, -0.1) is 0 Å². The number of carbonyl (C=O) groups is 1. The van der Waals surface area contributed by atoms with E-state index < -0.39 is 24.8 Å². The van der Waals surface area contributed by atoms with Crippen LogP contribution < -0.4 is 0 Å². The van der Waals surface area contributed by atoms with Gasteiger partial charge in [0, 0.05) is 13.2 Å². The summed E-state index contributed by atoms with van der Waals surface area (Å²) >= 11 is 0. The first-order valence-corrected chi connectivity index (χ1v) is 6.95. The second-order valence-corrected chi connectivity index (χ2v) is 5.21. The highest BCUT2D eigenvalue weighted by Gasteiger charge is 2.32. The fraction of sp³-hybridized carbons (Fsp3) is 0.923. The lowest BCUT2D eigenvalue weighted by Crippen LogP contribution is -2.47. The third-order valence-electron chi connectivity index (χ3n) is 3.68. The minimum Gasteiger partial charge on any atom is -0.480 e. The minimum atomic E-state index is -4.30. The summed E-state index contributed by atoms with van der Waals surface area (Å²) in [5.41, 5.74) is 0. The molecule has 0 bridgehead atoms. The predicted octanol–water partition coefficient (Wildman–Crippen LogP) is 2.53. The number of alkyl halides is 3. The van der Waals surface area contributed by atoms with E-state index in [2.05, 4.69) is 4.74 Å². The number of nitrogens with zero attached hydrogens (tertiary/aromatic N) is 1. The van der Waals surface area contributed by atoms with E-state index in [4.69, 9.17) is 0 Å². The van der Waals surface area contributed by atoms with Crippen molar-refractivity contribution in [3.05, 3.63) is 0 Å². The molecule has 0 aromatic carbocycles. The summed E-state index contributed by atoms with van der Waals surface area (Å²) in [4.78, 5) is 13.1. The molecule has 1 heterocycles. The highest BCUT2D eigenvalue weighted by atomic mass is 19.4. The van der Waals surface area contributed by atoms with Crippen molar-refractivity contribution in [2.45, 2.75) is 44.8 Å². The summed E-state index contributed by atoms with van der Waals surface area (Å²) in [6.45, 7) is 1.96. The first-order chi connectivity index (χ1) is 9.33. The summed E-state index contributed by atoms with van der Waals surface area (Å²) in [7, 11) is 0. The summed E-state index contributed by atoms with van der Waals surface area (Å²) in [5, 5.41) is 9.21. The van der Waals surface area contributed by atoms with Gasteiger partial charge in [0.2, 0.25) is 0 Å². The lowest BCUT2D eigenvalue weighted by atomic mass is 9.89. The summed E-state index contributed by atoms with van der Waals surface area (Å²) < 4.78 is 40.2. The Kier molecular flexibility index (Phi) is 6.75. The van der Waals surface area contributed by atoms with Gasteiger partial charge in [-0.2, -0.15) is 13.2 Å². The van der Waals surface area contributed by atoms with Crippen molar-refractivity contribution in [3.63, 3.8) is 0 Å². The molecular weight excluding hydrogens is 275 g/mol. The number of hydrogen-bond donors (Lipinski definition) is 1. The molecule has 1 fully saturated rings. The van der Waals surface area contributed by atoms with Crippen molar-refractivity contribution in [1.29, 1.82) is 0 Å². The predicted molar refractivity (Wildman–Crippen MR) is 67.5 cm³/mol. The summed E-state index contributed by atoms with van der Waals surface area (Å²) in [6, 6.07) is -0.517. The lowest BCUT2D eigenvalue weighted by Gasteiger charge is -2.36. The Hall–Kier alpha value is -0.820. The molecule has 0 spiro atoms. The molecule has 118 valence electrons. The number of carboxylic acids is 1. The van der Waals surface area contributed by atoms with Crippen molar-refractivity contribution in [3.8, 4) is 0 Å². The Balaban J connectivity index is 2.29. The maximum absolute atomic E-state index is 11.9. The molecule has 1 aliphatic rings. The van der Waals surface area contributed by atoms with Crippen LogP contribution >= 0.6 is 0 Å². The summed E-state index contributed by atoms with van der Waals surface area (Å²) in [6.07, 6.45) is -1.36. The van der Waals surface area contributed by atoms with Gasteiger partial charge in [0.1, 0.15) is 12.6 Å². The molecule has 1 rings (SSSR count). The van der Waals surface area contributed by atoms with Crippen molar-refractivity contribution in [2.24, 2.45) is 5.92 Å². The zero-order valence-corrected chi connectivity index (χ0v) is 11.7. The number of likely N-dealkylation sites (tertiary alicyclic amines) is 1. The molecule has 0 radical (unpaired) electrons. The molecule has 7 heteroatoms. The number of piperidine rings is 1. The molecular formula is C13H22F3NO3. The smallest absolute Gasteiger partial charge is 0.411 e. The largest absolute Gasteiger partial charge is 0.480 e. The van der Waals surface area contributed by atoms with Gasteiger partial charge in [0.25, 0.3) is 0 Å². The van der Waals surface area contributed by atoms with Crippen molar-refractivity contribution >= 4 is 5.97 Å². The second kappa shape index (κ2) is 7.83. The Morgan fingerprint density at radius 2 is 2.15 bits per heavy atom. The van der Waals surface area contributed by atoms with Crippen LogP contribution in [0.5, 0.6) is 0 Å². The highest BCUT2D eigenvalue weighted by molar-refractivity contribution is 5.73. The molecule has 0 saturated carbocycles. The number of halogens is 3. The summed E-state index contributed by atoms with van der Waals surface area (Å²) in [5.74, 6) is -0.423. The molecule has 4 nitrogen and oxygen atoms in total. The van der Waals surface area contributed by atoms with Crippen LogP contribution in [-0.4, -0.2) is 54.5 Å². The zero-order chi connectivity index (χ0) is 15.2. The van der Waals surface area contributed by atoms with Gasteiger partial charge in [-0.3, -0.25) is 9.69 Å². The number of rotatable bonds is 7. The van der Waals surface area contributed by atoms with E-state index in [-0.39, 0.29) is 6.61 Å². The maximum atomic E-state index is 11.9. The number of carboxylic acid groups (broad SMARTS) is 1. The monoisotopic (exact) mass is 297 g/mol. The number of ether oxygens (including phenoxy) is 1. The van der Waals surface area contributed by atoms with E-state index in [1.807, 2.05) is 11.8 Å². The van der Waals surface area contributed by atoms with Crippen LogP contribution in [0.4, 0.5) is 13.2 Å². The quantitative estimate of drug-likeness (QED) is 0.734. The van der Waals surface area contributed by atoms with Crippen LogP contribution in [0.3, 0.4) is 0 Å². The second-order valence-electron chi connectivity index (χ2n) is 5.21. The fourth-order valence-corrected chi connectivity index (χ4v) is 2.54. The van der Waals surface area contributed by atoms with Gasteiger partial charge in [-0.1, -0.05) is 13.3 Å². The Morgan fingerprint density at radius 1 is 1.45 bits per heavy atom.